The first-order chi connectivity index (χ1) is 11.4. The van der Waals surface area contributed by atoms with Crippen LogP contribution in [-0.4, -0.2) is 88.2 Å². The number of likely N-dealkylation sites (N-methyl/N-ethyl adjacent to an activating group) is 2. The van der Waals surface area contributed by atoms with Crippen molar-refractivity contribution in [3.8, 4) is 0 Å². The van der Waals surface area contributed by atoms with Crippen LogP contribution in [0.5, 0.6) is 0 Å². The molecule has 2 atom stereocenters. The summed E-state index contributed by atoms with van der Waals surface area (Å²) in [6, 6.07) is 6.31. The second-order valence-corrected chi connectivity index (χ2v) is 5.85. The molecule has 1 aromatic carbocycles. The summed E-state index contributed by atoms with van der Waals surface area (Å²) in [5, 5.41) is 37.0. The van der Waals surface area contributed by atoms with E-state index >= 15 is 0 Å². The predicted octanol–water partition coefficient (Wildman–Crippen LogP) is -0.147. The summed E-state index contributed by atoms with van der Waals surface area (Å²) < 4.78 is 0. The highest BCUT2D eigenvalue weighted by atomic mass is 16.4. The second-order valence-electron chi connectivity index (χ2n) is 5.85. The highest BCUT2D eigenvalue weighted by Gasteiger charge is 2.22. The van der Waals surface area contributed by atoms with Gasteiger partial charge in [-0.15, -0.1) is 0 Å². The first-order valence-electron chi connectivity index (χ1n) is 8.07. The third-order valence-electron chi connectivity index (χ3n) is 4.21. The van der Waals surface area contributed by atoms with E-state index in [1.54, 1.807) is 19.2 Å². The molecule has 7 nitrogen and oxygen atoms in total. The summed E-state index contributed by atoms with van der Waals surface area (Å²) in [7, 11) is 1.80. The SMILES string of the molecule is CCN(CCN(C)[C@H](CO)[C@H](O)CO)Cc1ccc(C(=O)O)cc1. The number of hydrogen-bond donors (Lipinski definition) is 4. The molecule has 0 saturated heterocycles. The molecule has 0 fully saturated rings. The van der Waals surface area contributed by atoms with Crippen molar-refractivity contribution >= 4 is 5.97 Å². The average molecular weight is 340 g/mol. The van der Waals surface area contributed by atoms with E-state index in [-0.39, 0.29) is 18.8 Å². The Bertz CT molecular complexity index is 494. The molecular formula is C17H28N2O5. The van der Waals surface area contributed by atoms with Gasteiger partial charge >= 0.3 is 5.97 Å². The molecule has 0 aliphatic heterocycles. The van der Waals surface area contributed by atoms with Crippen LogP contribution in [0.25, 0.3) is 0 Å². The van der Waals surface area contributed by atoms with E-state index < -0.39 is 18.1 Å². The van der Waals surface area contributed by atoms with Gasteiger partial charge in [0.25, 0.3) is 0 Å². The lowest BCUT2D eigenvalue weighted by Gasteiger charge is -2.31. The molecule has 7 heteroatoms. The predicted molar refractivity (Wildman–Crippen MR) is 90.9 cm³/mol. The number of carboxylic acids is 1. The number of carbonyl (C=O) groups is 1. The van der Waals surface area contributed by atoms with Crippen LogP contribution in [-0.2, 0) is 6.54 Å². The van der Waals surface area contributed by atoms with Gasteiger partial charge in [0.2, 0.25) is 0 Å². The molecule has 0 bridgehead atoms. The van der Waals surface area contributed by atoms with E-state index in [4.69, 9.17) is 10.2 Å². The summed E-state index contributed by atoms with van der Waals surface area (Å²) in [6.07, 6.45) is -0.973. The van der Waals surface area contributed by atoms with Crippen LogP contribution < -0.4 is 0 Å². The van der Waals surface area contributed by atoms with Crippen molar-refractivity contribution in [2.45, 2.75) is 25.6 Å². The number of benzene rings is 1. The number of rotatable bonds is 11. The van der Waals surface area contributed by atoms with Crippen molar-refractivity contribution in [1.82, 2.24) is 9.80 Å². The van der Waals surface area contributed by atoms with Crippen LogP contribution >= 0.6 is 0 Å². The minimum absolute atomic E-state index is 0.221. The molecule has 0 radical (unpaired) electrons. The molecule has 1 aromatic rings. The van der Waals surface area contributed by atoms with E-state index in [2.05, 4.69) is 4.90 Å². The molecule has 0 spiro atoms. The summed E-state index contributed by atoms with van der Waals surface area (Å²) in [4.78, 5) is 14.9. The molecule has 0 heterocycles. The monoisotopic (exact) mass is 340 g/mol. The molecular weight excluding hydrogens is 312 g/mol. The summed E-state index contributed by atoms with van der Waals surface area (Å²) in [5.74, 6) is -0.937. The Morgan fingerprint density at radius 3 is 2.21 bits per heavy atom. The fourth-order valence-corrected chi connectivity index (χ4v) is 2.50. The molecule has 0 unspecified atom stereocenters. The summed E-state index contributed by atoms with van der Waals surface area (Å²) >= 11 is 0. The van der Waals surface area contributed by atoms with Gasteiger partial charge in [0, 0.05) is 19.6 Å². The number of carboxylic acid groups (broad SMARTS) is 1. The van der Waals surface area contributed by atoms with Gasteiger partial charge in [-0.3, -0.25) is 9.80 Å². The third-order valence-corrected chi connectivity index (χ3v) is 4.21. The average Bonchev–Trinajstić information content (AvgIpc) is 2.59. The molecule has 1 rings (SSSR count). The standard InChI is InChI=1S/C17H28N2O5/c1-3-19(9-8-18(2)15(11-20)16(22)12-21)10-13-4-6-14(7-5-13)17(23)24/h4-7,15-16,20-22H,3,8-12H2,1-2H3,(H,23,24)/t15-,16-/m1/s1. The van der Waals surface area contributed by atoms with Gasteiger partial charge in [-0.05, 0) is 31.3 Å². The second kappa shape index (κ2) is 10.4. The fourth-order valence-electron chi connectivity index (χ4n) is 2.50. The number of hydrogen-bond acceptors (Lipinski definition) is 6. The molecule has 24 heavy (non-hydrogen) atoms. The zero-order valence-corrected chi connectivity index (χ0v) is 14.3. The van der Waals surface area contributed by atoms with Crippen molar-refractivity contribution < 1.29 is 25.2 Å². The van der Waals surface area contributed by atoms with Crippen molar-refractivity contribution in [3.05, 3.63) is 35.4 Å². The zero-order chi connectivity index (χ0) is 18.1. The van der Waals surface area contributed by atoms with Gasteiger partial charge < -0.3 is 20.4 Å². The van der Waals surface area contributed by atoms with Crippen LogP contribution in [0, 0.1) is 0 Å². The largest absolute Gasteiger partial charge is 0.478 e. The fraction of sp³-hybridized carbons (Fsp3) is 0.588. The summed E-state index contributed by atoms with van der Waals surface area (Å²) in [6.45, 7) is 4.30. The lowest BCUT2D eigenvalue weighted by atomic mass is 10.1. The molecule has 0 aliphatic carbocycles. The Hall–Kier alpha value is -1.51. The Morgan fingerprint density at radius 2 is 1.75 bits per heavy atom. The smallest absolute Gasteiger partial charge is 0.335 e. The van der Waals surface area contributed by atoms with Gasteiger partial charge in [-0.2, -0.15) is 0 Å². The number of nitrogens with zero attached hydrogens (tertiary/aromatic N) is 2. The molecule has 0 amide bonds. The lowest BCUT2D eigenvalue weighted by Crippen LogP contribution is -2.48. The molecule has 4 N–H and O–H groups in total. The van der Waals surface area contributed by atoms with Gasteiger partial charge in [0.1, 0.15) is 0 Å². The highest BCUT2D eigenvalue weighted by Crippen LogP contribution is 2.09. The maximum absolute atomic E-state index is 10.9. The first-order valence-corrected chi connectivity index (χ1v) is 8.07. The van der Waals surface area contributed by atoms with Gasteiger partial charge in [0.05, 0.1) is 30.9 Å². The number of aliphatic hydroxyl groups excluding tert-OH is 3. The Morgan fingerprint density at radius 1 is 1.12 bits per heavy atom. The maximum atomic E-state index is 10.9. The van der Waals surface area contributed by atoms with Crippen molar-refractivity contribution in [2.24, 2.45) is 0 Å². The molecule has 0 aromatic heterocycles. The van der Waals surface area contributed by atoms with E-state index in [0.717, 1.165) is 18.7 Å². The molecule has 0 aliphatic rings. The number of aromatic carboxylic acids is 1. The zero-order valence-electron chi connectivity index (χ0n) is 14.3. The minimum Gasteiger partial charge on any atom is -0.478 e. The van der Waals surface area contributed by atoms with E-state index in [0.29, 0.717) is 13.1 Å². The van der Waals surface area contributed by atoms with Crippen molar-refractivity contribution in [2.75, 3.05) is 39.9 Å². The third kappa shape index (κ3) is 6.18. The van der Waals surface area contributed by atoms with Gasteiger partial charge in [0.15, 0.2) is 0 Å². The molecule has 136 valence electrons. The highest BCUT2D eigenvalue weighted by molar-refractivity contribution is 5.87. The van der Waals surface area contributed by atoms with Crippen molar-refractivity contribution in [1.29, 1.82) is 0 Å². The van der Waals surface area contributed by atoms with Gasteiger partial charge in [-0.25, -0.2) is 4.79 Å². The van der Waals surface area contributed by atoms with Crippen LogP contribution in [0.15, 0.2) is 24.3 Å². The van der Waals surface area contributed by atoms with E-state index in [9.17, 15) is 15.0 Å². The van der Waals surface area contributed by atoms with Gasteiger partial charge in [-0.1, -0.05) is 19.1 Å². The quantitative estimate of drug-likeness (QED) is 0.444. The van der Waals surface area contributed by atoms with Crippen LogP contribution in [0.3, 0.4) is 0 Å². The van der Waals surface area contributed by atoms with Crippen LogP contribution in [0.1, 0.15) is 22.8 Å². The Balaban J connectivity index is 2.56. The Kier molecular flexibility index (Phi) is 8.88. The summed E-state index contributed by atoms with van der Waals surface area (Å²) in [5.41, 5.74) is 1.30. The van der Waals surface area contributed by atoms with Crippen LogP contribution in [0.2, 0.25) is 0 Å². The maximum Gasteiger partial charge on any atom is 0.335 e. The normalized spacial score (nSPS) is 14.1. The lowest BCUT2D eigenvalue weighted by molar-refractivity contribution is -0.00628. The molecule has 0 saturated carbocycles. The Labute approximate surface area is 142 Å². The number of aliphatic hydroxyl groups is 3. The van der Waals surface area contributed by atoms with Crippen molar-refractivity contribution in [3.63, 3.8) is 0 Å². The first kappa shape index (κ1) is 20.5. The topological polar surface area (TPSA) is 104 Å². The van der Waals surface area contributed by atoms with Crippen LogP contribution in [0.4, 0.5) is 0 Å². The minimum atomic E-state index is -0.973. The van der Waals surface area contributed by atoms with E-state index in [1.807, 2.05) is 24.0 Å². The van der Waals surface area contributed by atoms with E-state index in [1.165, 1.54) is 0 Å².